The zero-order valence-electron chi connectivity index (χ0n) is 10.9. The Morgan fingerprint density at radius 2 is 2.47 bits per heavy atom. The van der Waals surface area contributed by atoms with Crippen LogP contribution in [0, 0.1) is 0 Å². The highest BCUT2D eigenvalue weighted by Gasteiger charge is 2.21. The predicted octanol–water partition coefficient (Wildman–Crippen LogP) is 2.10. The molecule has 1 aliphatic rings. The van der Waals surface area contributed by atoms with Gasteiger partial charge >= 0.3 is 0 Å². The van der Waals surface area contributed by atoms with Gasteiger partial charge in [-0.3, -0.25) is 0 Å². The molecule has 0 amide bonds. The minimum absolute atomic E-state index is 0.678. The van der Waals surface area contributed by atoms with Gasteiger partial charge in [-0.1, -0.05) is 0 Å². The van der Waals surface area contributed by atoms with E-state index < -0.39 is 0 Å². The standard InChI is InChI=1S/C13H23N3S/c1-14-7-3-6-12-10-17-13(15-12)11-5-4-8-16(2)9-11/h10-11,14H,3-9H2,1-2H3. The van der Waals surface area contributed by atoms with Crippen LogP contribution in [0.1, 0.15) is 35.9 Å². The van der Waals surface area contributed by atoms with Gasteiger partial charge in [-0.15, -0.1) is 11.3 Å². The third kappa shape index (κ3) is 3.76. The molecule has 0 radical (unpaired) electrons. The summed E-state index contributed by atoms with van der Waals surface area (Å²) in [6, 6.07) is 0. The number of hydrogen-bond donors (Lipinski definition) is 1. The fourth-order valence-corrected chi connectivity index (χ4v) is 3.42. The van der Waals surface area contributed by atoms with Crippen LogP contribution >= 0.6 is 11.3 Å². The average molecular weight is 253 g/mol. The molecule has 2 heterocycles. The highest BCUT2D eigenvalue weighted by Crippen LogP contribution is 2.28. The van der Waals surface area contributed by atoms with Gasteiger partial charge in [0.25, 0.3) is 0 Å². The quantitative estimate of drug-likeness (QED) is 0.815. The Morgan fingerprint density at radius 3 is 3.24 bits per heavy atom. The molecule has 1 saturated heterocycles. The molecule has 0 aromatic carbocycles. The number of hydrogen-bond acceptors (Lipinski definition) is 4. The lowest BCUT2D eigenvalue weighted by molar-refractivity contribution is 0.250. The van der Waals surface area contributed by atoms with Gasteiger partial charge in [-0.2, -0.15) is 0 Å². The second-order valence-electron chi connectivity index (χ2n) is 4.99. The molecule has 1 aromatic rings. The molecule has 1 N–H and O–H groups in total. The number of aryl methyl sites for hydroxylation is 1. The van der Waals surface area contributed by atoms with Gasteiger partial charge in [-0.25, -0.2) is 4.98 Å². The third-order valence-electron chi connectivity index (χ3n) is 3.40. The van der Waals surface area contributed by atoms with Gasteiger partial charge in [-0.05, 0) is 52.9 Å². The lowest BCUT2D eigenvalue weighted by Gasteiger charge is -2.28. The maximum Gasteiger partial charge on any atom is 0.0972 e. The van der Waals surface area contributed by atoms with Crippen LogP contribution in [0.3, 0.4) is 0 Å². The molecular formula is C13H23N3S. The summed E-state index contributed by atoms with van der Waals surface area (Å²) in [4.78, 5) is 7.23. The van der Waals surface area contributed by atoms with E-state index >= 15 is 0 Å². The van der Waals surface area contributed by atoms with E-state index in [2.05, 4.69) is 22.6 Å². The minimum Gasteiger partial charge on any atom is -0.320 e. The van der Waals surface area contributed by atoms with Crippen molar-refractivity contribution >= 4 is 11.3 Å². The second kappa shape index (κ2) is 6.47. The van der Waals surface area contributed by atoms with E-state index in [1.807, 2.05) is 18.4 Å². The monoisotopic (exact) mass is 253 g/mol. The largest absolute Gasteiger partial charge is 0.320 e. The van der Waals surface area contributed by atoms with E-state index in [0.29, 0.717) is 5.92 Å². The molecule has 0 spiro atoms. The van der Waals surface area contributed by atoms with E-state index in [1.165, 1.54) is 43.1 Å². The average Bonchev–Trinajstić information content (AvgIpc) is 2.78. The second-order valence-corrected chi connectivity index (χ2v) is 5.88. The summed E-state index contributed by atoms with van der Waals surface area (Å²) in [7, 11) is 4.22. The van der Waals surface area contributed by atoms with Crippen molar-refractivity contribution in [3.8, 4) is 0 Å². The Morgan fingerprint density at radius 1 is 1.59 bits per heavy atom. The van der Waals surface area contributed by atoms with Crippen molar-refractivity contribution in [2.75, 3.05) is 33.7 Å². The Labute approximate surface area is 108 Å². The van der Waals surface area contributed by atoms with Gasteiger partial charge in [0.05, 0.1) is 10.7 Å². The zero-order chi connectivity index (χ0) is 12.1. The van der Waals surface area contributed by atoms with Crippen molar-refractivity contribution < 1.29 is 0 Å². The number of piperidine rings is 1. The van der Waals surface area contributed by atoms with E-state index in [1.54, 1.807) is 0 Å². The van der Waals surface area contributed by atoms with E-state index in [4.69, 9.17) is 4.98 Å². The topological polar surface area (TPSA) is 28.2 Å². The Kier molecular flexibility index (Phi) is 4.95. The molecule has 0 aliphatic carbocycles. The van der Waals surface area contributed by atoms with Crippen LogP contribution in [-0.2, 0) is 6.42 Å². The summed E-state index contributed by atoms with van der Waals surface area (Å²) in [6.45, 7) is 3.51. The van der Waals surface area contributed by atoms with Crippen molar-refractivity contribution in [2.24, 2.45) is 0 Å². The predicted molar refractivity (Wildman–Crippen MR) is 73.8 cm³/mol. The lowest BCUT2D eigenvalue weighted by atomic mass is 9.99. The molecule has 96 valence electrons. The number of nitrogens with zero attached hydrogens (tertiary/aromatic N) is 2. The summed E-state index contributed by atoms with van der Waals surface area (Å²) < 4.78 is 0. The third-order valence-corrected chi connectivity index (χ3v) is 4.46. The van der Waals surface area contributed by atoms with Gasteiger partial charge in [0.2, 0.25) is 0 Å². The number of likely N-dealkylation sites (tertiary alicyclic amines) is 1. The highest BCUT2D eigenvalue weighted by molar-refractivity contribution is 7.09. The summed E-state index contributed by atoms with van der Waals surface area (Å²) in [5.41, 5.74) is 1.29. The smallest absolute Gasteiger partial charge is 0.0972 e. The van der Waals surface area contributed by atoms with E-state index in [-0.39, 0.29) is 0 Å². The molecule has 2 rings (SSSR count). The first-order valence-corrected chi connectivity index (χ1v) is 7.45. The molecule has 0 bridgehead atoms. The van der Waals surface area contributed by atoms with Crippen LogP contribution in [0.2, 0.25) is 0 Å². The van der Waals surface area contributed by atoms with Crippen LogP contribution in [0.25, 0.3) is 0 Å². The molecule has 3 nitrogen and oxygen atoms in total. The first-order chi connectivity index (χ1) is 8.29. The van der Waals surface area contributed by atoms with Crippen molar-refractivity contribution in [3.63, 3.8) is 0 Å². The number of nitrogens with one attached hydrogen (secondary N) is 1. The fourth-order valence-electron chi connectivity index (χ4n) is 2.44. The molecule has 0 saturated carbocycles. The molecule has 1 aromatic heterocycles. The van der Waals surface area contributed by atoms with Crippen molar-refractivity contribution in [3.05, 3.63) is 16.1 Å². The van der Waals surface area contributed by atoms with Gasteiger partial charge in [0, 0.05) is 17.8 Å². The molecule has 1 aliphatic heterocycles. The molecule has 1 atom stereocenters. The van der Waals surface area contributed by atoms with Crippen molar-refractivity contribution in [1.29, 1.82) is 0 Å². The first-order valence-electron chi connectivity index (χ1n) is 6.57. The molecular weight excluding hydrogens is 230 g/mol. The SMILES string of the molecule is CNCCCc1csc(C2CCCN(C)C2)n1. The van der Waals surface area contributed by atoms with Gasteiger partial charge in [0.15, 0.2) is 0 Å². The first kappa shape index (κ1) is 13.0. The van der Waals surface area contributed by atoms with Gasteiger partial charge < -0.3 is 10.2 Å². The number of aromatic nitrogens is 1. The number of likely N-dealkylation sites (N-methyl/N-ethyl adjacent to an activating group) is 1. The summed E-state index contributed by atoms with van der Waals surface area (Å²) in [5, 5.41) is 6.79. The Hall–Kier alpha value is -0.450. The van der Waals surface area contributed by atoms with Crippen LogP contribution in [0.15, 0.2) is 5.38 Å². The molecule has 4 heteroatoms. The minimum atomic E-state index is 0.678. The van der Waals surface area contributed by atoms with Crippen LogP contribution in [0.4, 0.5) is 0 Å². The Bertz CT molecular complexity index is 337. The summed E-state index contributed by atoms with van der Waals surface area (Å²) in [6.07, 6.45) is 4.92. The Balaban J connectivity index is 1.88. The zero-order valence-corrected chi connectivity index (χ0v) is 11.7. The normalized spacial score (nSPS) is 21.9. The maximum absolute atomic E-state index is 4.80. The van der Waals surface area contributed by atoms with Crippen molar-refractivity contribution in [2.45, 2.75) is 31.6 Å². The van der Waals surface area contributed by atoms with Crippen LogP contribution in [-0.4, -0.2) is 43.6 Å². The van der Waals surface area contributed by atoms with E-state index in [9.17, 15) is 0 Å². The summed E-state index contributed by atoms with van der Waals surface area (Å²) >= 11 is 1.86. The fraction of sp³-hybridized carbons (Fsp3) is 0.769. The highest BCUT2D eigenvalue weighted by atomic mass is 32.1. The molecule has 1 unspecified atom stereocenters. The van der Waals surface area contributed by atoms with Crippen LogP contribution < -0.4 is 5.32 Å². The van der Waals surface area contributed by atoms with E-state index in [0.717, 1.165) is 13.0 Å². The maximum atomic E-state index is 4.80. The number of thiazole rings is 1. The molecule has 1 fully saturated rings. The number of rotatable bonds is 5. The summed E-state index contributed by atoms with van der Waals surface area (Å²) in [5.74, 6) is 0.678. The van der Waals surface area contributed by atoms with Crippen molar-refractivity contribution in [1.82, 2.24) is 15.2 Å². The van der Waals surface area contributed by atoms with Crippen LogP contribution in [0.5, 0.6) is 0 Å². The lowest BCUT2D eigenvalue weighted by Crippen LogP contribution is -2.30. The van der Waals surface area contributed by atoms with Gasteiger partial charge in [0.1, 0.15) is 0 Å². The molecule has 17 heavy (non-hydrogen) atoms.